The van der Waals surface area contributed by atoms with Crippen molar-refractivity contribution < 1.29 is 4.79 Å². The minimum absolute atomic E-state index is 0.143. The fourth-order valence-corrected chi connectivity index (χ4v) is 2.31. The van der Waals surface area contributed by atoms with Crippen molar-refractivity contribution in [2.24, 2.45) is 7.05 Å². The SMILES string of the molecule is CCN(Cc1cnn(C)c1)C(=O)CCc1ccccc1N. The van der Waals surface area contributed by atoms with Crippen molar-refractivity contribution in [3.05, 3.63) is 47.8 Å². The molecular weight excluding hydrogens is 264 g/mol. The summed E-state index contributed by atoms with van der Waals surface area (Å²) in [6.07, 6.45) is 4.88. The van der Waals surface area contributed by atoms with Gasteiger partial charge in [0.15, 0.2) is 0 Å². The Labute approximate surface area is 125 Å². The molecule has 0 aliphatic rings. The molecular formula is C16H22N4O. The van der Waals surface area contributed by atoms with Crippen LogP contribution in [0.1, 0.15) is 24.5 Å². The minimum atomic E-state index is 0.143. The number of amides is 1. The highest BCUT2D eigenvalue weighted by atomic mass is 16.2. The van der Waals surface area contributed by atoms with Crippen molar-refractivity contribution in [1.29, 1.82) is 0 Å². The third kappa shape index (κ3) is 4.08. The Kier molecular flexibility index (Phi) is 4.98. The second kappa shape index (κ2) is 6.92. The standard InChI is InChI=1S/C16H22N4O/c1-3-20(12-13-10-18-19(2)11-13)16(21)9-8-14-6-4-5-7-15(14)17/h4-7,10-11H,3,8-9,12,17H2,1-2H3. The second-order valence-corrected chi connectivity index (χ2v) is 5.13. The van der Waals surface area contributed by atoms with Crippen molar-refractivity contribution in [2.45, 2.75) is 26.3 Å². The summed E-state index contributed by atoms with van der Waals surface area (Å²) in [5.74, 6) is 0.143. The van der Waals surface area contributed by atoms with Gasteiger partial charge in [0.2, 0.25) is 5.91 Å². The molecule has 0 aliphatic carbocycles. The van der Waals surface area contributed by atoms with Gasteiger partial charge in [-0.3, -0.25) is 9.48 Å². The molecule has 2 aromatic rings. The maximum atomic E-state index is 12.3. The van der Waals surface area contributed by atoms with Crippen LogP contribution in [0.5, 0.6) is 0 Å². The van der Waals surface area contributed by atoms with E-state index in [0.717, 1.165) is 16.8 Å². The van der Waals surface area contributed by atoms with E-state index in [1.165, 1.54) is 0 Å². The second-order valence-electron chi connectivity index (χ2n) is 5.13. The van der Waals surface area contributed by atoms with Crippen molar-refractivity contribution in [2.75, 3.05) is 12.3 Å². The number of anilines is 1. The van der Waals surface area contributed by atoms with Gasteiger partial charge in [0.1, 0.15) is 0 Å². The fraction of sp³-hybridized carbons (Fsp3) is 0.375. The zero-order valence-corrected chi connectivity index (χ0v) is 12.6. The highest BCUT2D eigenvalue weighted by molar-refractivity contribution is 5.76. The first-order chi connectivity index (χ1) is 10.1. The topological polar surface area (TPSA) is 64.2 Å². The molecule has 0 fully saturated rings. The van der Waals surface area contributed by atoms with E-state index in [-0.39, 0.29) is 5.91 Å². The van der Waals surface area contributed by atoms with Crippen molar-refractivity contribution in [3.8, 4) is 0 Å². The number of carbonyl (C=O) groups is 1. The van der Waals surface area contributed by atoms with E-state index < -0.39 is 0 Å². The van der Waals surface area contributed by atoms with Crippen molar-refractivity contribution in [1.82, 2.24) is 14.7 Å². The van der Waals surface area contributed by atoms with Gasteiger partial charge in [-0.05, 0) is 25.0 Å². The molecule has 0 saturated heterocycles. The summed E-state index contributed by atoms with van der Waals surface area (Å²) in [7, 11) is 1.87. The third-order valence-corrected chi connectivity index (χ3v) is 3.53. The van der Waals surface area contributed by atoms with Crippen LogP contribution in [0.2, 0.25) is 0 Å². The van der Waals surface area contributed by atoms with Crippen LogP contribution in [0, 0.1) is 0 Å². The van der Waals surface area contributed by atoms with E-state index in [1.807, 2.05) is 49.3 Å². The number of nitrogen functional groups attached to an aromatic ring is 1. The van der Waals surface area contributed by atoms with Crippen LogP contribution < -0.4 is 5.73 Å². The average Bonchev–Trinajstić information content (AvgIpc) is 2.89. The van der Waals surface area contributed by atoms with Gasteiger partial charge < -0.3 is 10.6 Å². The summed E-state index contributed by atoms with van der Waals surface area (Å²) in [5.41, 5.74) is 8.74. The number of nitrogens with two attached hydrogens (primary N) is 1. The van der Waals surface area contributed by atoms with Crippen LogP contribution in [0.25, 0.3) is 0 Å². The molecule has 0 atom stereocenters. The molecule has 5 heteroatoms. The van der Waals surface area contributed by atoms with Crippen molar-refractivity contribution >= 4 is 11.6 Å². The summed E-state index contributed by atoms with van der Waals surface area (Å²) in [6, 6.07) is 7.69. The van der Waals surface area contributed by atoms with Crippen molar-refractivity contribution in [3.63, 3.8) is 0 Å². The summed E-state index contributed by atoms with van der Waals surface area (Å²) in [6.45, 7) is 3.29. The molecule has 1 amide bonds. The lowest BCUT2D eigenvalue weighted by atomic mass is 10.1. The van der Waals surface area contributed by atoms with Gasteiger partial charge in [0, 0.05) is 44.0 Å². The number of hydrogen-bond acceptors (Lipinski definition) is 3. The van der Waals surface area contributed by atoms with Crippen LogP contribution in [-0.2, 0) is 24.8 Å². The largest absolute Gasteiger partial charge is 0.399 e. The maximum Gasteiger partial charge on any atom is 0.223 e. The predicted octanol–water partition coefficient (Wildman–Crippen LogP) is 1.98. The van der Waals surface area contributed by atoms with E-state index in [2.05, 4.69) is 5.10 Å². The minimum Gasteiger partial charge on any atom is -0.399 e. The fourth-order valence-electron chi connectivity index (χ4n) is 2.31. The zero-order valence-electron chi connectivity index (χ0n) is 12.6. The Bertz CT molecular complexity index is 606. The van der Waals surface area contributed by atoms with E-state index in [0.29, 0.717) is 25.9 Å². The van der Waals surface area contributed by atoms with E-state index in [1.54, 1.807) is 10.9 Å². The number of rotatable bonds is 6. The third-order valence-electron chi connectivity index (χ3n) is 3.53. The quantitative estimate of drug-likeness (QED) is 0.826. The van der Waals surface area contributed by atoms with Gasteiger partial charge in [0.25, 0.3) is 0 Å². The van der Waals surface area contributed by atoms with Gasteiger partial charge in [-0.25, -0.2) is 0 Å². The summed E-state index contributed by atoms with van der Waals surface area (Å²) < 4.78 is 1.75. The molecule has 0 radical (unpaired) electrons. The first kappa shape index (κ1) is 15.1. The molecule has 2 N–H and O–H groups in total. The highest BCUT2D eigenvalue weighted by Crippen LogP contribution is 2.14. The Balaban J connectivity index is 1.93. The molecule has 5 nitrogen and oxygen atoms in total. The lowest BCUT2D eigenvalue weighted by Gasteiger charge is -2.20. The molecule has 1 heterocycles. The monoisotopic (exact) mass is 286 g/mol. The number of aryl methyl sites for hydroxylation is 2. The zero-order chi connectivity index (χ0) is 15.2. The average molecular weight is 286 g/mol. The van der Waals surface area contributed by atoms with Gasteiger partial charge in [-0.1, -0.05) is 18.2 Å². The Morgan fingerprint density at radius 3 is 2.76 bits per heavy atom. The molecule has 0 spiro atoms. The van der Waals surface area contributed by atoms with Crippen LogP contribution in [0.4, 0.5) is 5.69 Å². The number of aromatic nitrogens is 2. The summed E-state index contributed by atoms with van der Waals surface area (Å²) in [5, 5.41) is 4.13. The van der Waals surface area contributed by atoms with Gasteiger partial charge in [0.05, 0.1) is 6.20 Å². The predicted molar refractivity (Wildman–Crippen MR) is 83.5 cm³/mol. The molecule has 1 aromatic carbocycles. The Morgan fingerprint density at radius 1 is 1.38 bits per heavy atom. The molecule has 1 aromatic heterocycles. The number of hydrogen-bond donors (Lipinski definition) is 1. The first-order valence-corrected chi connectivity index (χ1v) is 7.18. The first-order valence-electron chi connectivity index (χ1n) is 7.18. The number of carbonyl (C=O) groups excluding carboxylic acids is 1. The summed E-state index contributed by atoms with van der Waals surface area (Å²) in [4.78, 5) is 14.2. The number of para-hydroxylation sites is 1. The number of benzene rings is 1. The lowest BCUT2D eigenvalue weighted by Crippen LogP contribution is -2.30. The van der Waals surface area contributed by atoms with Crippen LogP contribution in [0.3, 0.4) is 0 Å². The van der Waals surface area contributed by atoms with E-state index in [9.17, 15) is 4.79 Å². The normalized spacial score (nSPS) is 10.6. The molecule has 112 valence electrons. The van der Waals surface area contributed by atoms with Crippen LogP contribution >= 0.6 is 0 Å². The highest BCUT2D eigenvalue weighted by Gasteiger charge is 2.13. The smallest absolute Gasteiger partial charge is 0.223 e. The Hall–Kier alpha value is -2.30. The van der Waals surface area contributed by atoms with E-state index >= 15 is 0 Å². The molecule has 0 aliphatic heterocycles. The molecule has 2 rings (SSSR count). The Morgan fingerprint density at radius 2 is 2.14 bits per heavy atom. The van der Waals surface area contributed by atoms with Gasteiger partial charge >= 0.3 is 0 Å². The van der Waals surface area contributed by atoms with Gasteiger partial charge in [-0.2, -0.15) is 5.10 Å². The molecule has 0 saturated carbocycles. The molecule has 21 heavy (non-hydrogen) atoms. The lowest BCUT2D eigenvalue weighted by molar-refractivity contribution is -0.131. The summed E-state index contributed by atoms with van der Waals surface area (Å²) >= 11 is 0. The maximum absolute atomic E-state index is 12.3. The van der Waals surface area contributed by atoms with Crippen LogP contribution in [-0.4, -0.2) is 27.1 Å². The van der Waals surface area contributed by atoms with Crippen LogP contribution in [0.15, 0.2) is 36.7 Å². The molecule has 0 unspecified atom stereocenters. The number of nitrogens with zero attached hydrogens (tertiary/aromatic N) is 3. The molecule has 0 bridgehead atoms. The van der Waals surface area contributed by atoms with Gasteiger partial charge in [-0.15, -0.1) is 0 Å². The van der Waals surface area contributed by atoms with E-state index in [4.69, 9.17) is 5.73 Å².